The van der Waals surface area contributed by atoms with Crippen LogP contribution >= 0.6 is 11.8 Å². The van der Waals surface area contributed by atoms with Crippen molar-refractivity contribution in [3.05, 3.63) is 67.8 Å². The number of carbonyl (C=O) groups excluding carboxylic acids is 3. The van der Waals surface area contributed by atoms with Crippen LogP contribution in [0.3, 0.4) is 0 Å². The molecule has 2 aromatic rings. The molecule has 200 valence electrons. The molecule has 7 nitrogen and oxygen atoms in total. The first kappa shape index (κ1) is 26.5. The number of likely N-dealkylation sites (tertiary alicyclic amines) is 1. The van der Waals surface area contributed by atoms with Gasteiger partial charge in [-0.2, -0.15) is 0 Å². The normalized spacial score (nSPS) is 30.2. The van der Waals surface area contributed by atoms with Crippen LogP contribution in [0.2, 0.25) is 0 Å². The summed E-state index contributed by atoms with van der Waals surface area (Å²) in [5.41, 5.74) is 0.713. The zero-order chi connectivity index (χ0) is 27.2. The first-order chi connectivity index (χ1) is 18.3. The van der Waals surface area contributed by atoms with Crippen LogP contribution in [0, 0.1) is 17.8 Å². The summed E-state index contributed by atoms with van der Waals surface area (Å²) in [6.45, 7) is 11.4. The summed E-state index contributed by atoms with van der Waals surface area (Å²) >= 11 is 1.59. The summed E-state index contributed by atoms with van der Waals surface area (Å²) in [4.78, 5) is 45.1. The van der Waals surface area contributed by atoms with Crippen molar-refractivity contribution in [1.29, 1.82) is 0 Å². The molecule has 1 N–H and O–H groups in total. The number of hydrogen-bond donors (Lipinski definition) is 1. The van der Waals surface area contributed by atoms with Gasteiger partial charge < -0.3 is 19.6 Å². The molecular weight excluding hydrogens is 500 g/mol. The second-order valence-electron chi connectivity index (χ2n) is 10.5. The minimum absolute atomic E-state index is 0.0157. The molecule has 7 atom stereocenters. The Kier molecular flexibility index (Phi) is 7.13. The Morgan fingerprint density at radius 1 is 1.24 bits per heavy atom. The molecule has 3 aliphatic heterocycles. The number of esters is 1. The van der Waals surface area contributed by atoms with Gasteiger partial charge in [0.25, 0.3) is 5.91 Å². The Bertz CT molecular complexity index is 1300. The van der Waals surface area contributed by atoms with Crippen LogP contribution < -0.4 is 4.90 Å². The summed E-state index contributed by atoms with van der Waals surface area (Å²) < 4.78 is 4.64. The number of aliphatic hydroxyl groups excluding tert-OH is 1. The SMILES string of the molecule is C=CCOC(=O)[C@@H]1[C@@H]2CC(C)C3(S2)C(C(=O)N(CC=C)c2ccc4ccccc4c2)N([C@H](C)CO)C(=O)[C@H]13. The number of thioether (sulfide) groups is 1. The number of aliphatic hydroxyl groups is 1. The number of nitrogens with zero attached hydrogens (tertiary/aromatic N) is 2. The van der Waals surface area contributed by atoms with E-state index in [1.807, 2.05) is 42.5 Å². The van der Waals surface area contributed by atoms with Crippen LogP contribution in [0.15, 0.2) is 67.8 Å². The molecule has 1 spiro atoms. The third-order valence-electron chi connectivity index (χ3n) is 8.39. The van der Waals surface area contributed by atoms with E-state index in [9.17, 15) is 19.5 Å². The maximum Gasteiger partial charge on any atom is 0.311 e. The molecular formula is C30H34N2O5S. The van der Waals surface area contributed by atoms with Crippen LogP contribution in [0.4, 0.5) is 5.69 Å². The molecule has 8 heteroatoms. The topological polar surface area (TPSA) is 87.2 Å². The summed E-state index contributed by atoms with van der Waals surface area (Å²) in [6.07, 6.45) is 3.90. The van der Waals surface area contributed by atoms with Gasteiger partial charge in [-0.3, -0.25) is 14.4 Å². The van der Waals surface area contributed by atoms with Crippen molar-refractivity contribution in [3.63, 3.8) is 0 Å². The maximum atomic E-state index is 14.6. The summed E-state index contributed by atoms with van der Waals surface area (Å²) in [5.74, 6) is -2.22. The first-order valence-electron chi connectivity index (χ1n) is 13.1. The van der Waals surface area contributed by atoms with E-state index < -0.39 is 34.6 Å². The van der Waals surface area contributed by atoms with Crippen LogP contribution in [0.5, 0.6) is 0 Å². The average Bonchev–Trinajstić information content (AvgIpc) is 3.52. The van der Waals surface area contributed by atoms with Crippen LogP contribution in [0.25, 0.3) is 10.8 Å². The molecule has 0 radical (unpaired) electrons. The lowest BCUT2D eigenvalue weighted by Crippen LogP contribution is -2.59. The molecule has 3 aliphatic rings. The van der Waals surface area contributed by atoms with Crippen molar-refractivity contribution in [2.24, 2.45) is 17.8 Å². The van der Waals surface area contributed by atoms with Gasteiger partial charge in [0.2, 0.25) is 5.91 Å². The van der Waals surface area contributed by atoms with E-state index in [0.29, 0.717) is 12.1 Å². The molecule has 2 amide bonds. The Balaban J connectivity index is 1.60. The average molecular weight is 535 g/mol. The number of amides is 2. The summed E-state index contributed by atoms with van der Waals surface area (Å²) in [6, 6.07) is 12.4. The highest BCUT2D eigenvalue weighted by atomic mass is 32.2. The van der Waals surface area contributed by atoms with Gasteiger partial charge in [0.1, 0.15) is 12.6 Å². The highest BCUT2D eigenvalue weighted by Gasteiger charge is 2.77. The highest BCUT2D eigenvalue weighted by molar-refractivity contribution is 8.02. The van der Waals surface area contributed by atoms with Crippen molar-refractivity contribution in [1.82, 2.24) is 4.90 Å². The molecule has 0 saturated carbocycles. The zero-order valence-electron chi connectivity index (χ0n) is 21.8. The minimum atomic E-state index is -0.837. The van der Waals surface area contributed by atoms with E-state index in [1.165, 1.54) is 6.08 Å². The molecule has 3 saturated heterocycles. The fourth-order valence-electron chi connectivity index (χ4n) is 6.75. The standard InChI is InChI=1S/C30H34N2O5S/c1-5-13-31(22-12-11-20-9-7-8-10-21(20)16-22)28(35)26-30-18(3)15-23(38-30)24(29(36)37-14-6-2)25(30)27(34)32(26)19(4)17-33/h5-12,16,18-19,23-26,33H,1-2,13-15,17H2,3-4H3/t18?,19-,23+,24-,25+,26?,30?/m1/s1. The first-order valence-corrected chi connectivity index (χ1v) is 14.0. The molecule has 3 unspecified atom stereocenters. The van der Waals surface area contributed by atoms with Crippen LogP contribution in [-0.4, -0.2) is 69.6 Å². The number of carbonyl (C=O) groups is 3. The van der Waals surface area contributed by atoms with E-state index in [4.69, 9.17) is 4.74 Å². The lowest BCUT2D eigenvalue weighted by atomic mass is 9.66. The lowest BCUT2D eigenvalue weighted by Gasteiger charge is -2.41. The van der Waals surface area contributed by atoms with Crippen molar-refractivity contribution >= 4 is 46.0 Å². The Morgan fingerprint density at radius 2 is 1.97 bits per heavy atom. The molecule has 38 heavy (non-hydrogen) atoms. The fraction of sp³-hybridized carbons (Fsp3) is 0.433. The van der Waals surface area contributed by atoms with E-state index in [2.05, 4.69) is 20.1 Å². The Hall–Kier alpha value is -3.10. The zero-order valence-corrected chi connectivity index (χ0v) is 22.6. The van der Waals surface area contributed by atoms with Gasteiger partial charge in [-0.05, 0) is 42.2 Å². The number of anilines is 1. The number of rotatable bonds is 9. The molecule has 0 aromatic heterocycles. The number of ether oxygens (including phenoxy) is 1. The predicted octanol–water partition coefficient (Wildman–Crippen LogP) is 3.81. The molecule has 2 aromatic carbocycles. The van der Waals surface area contributed by atoms with Crippen molar-refractivity contribution in [2.45, 2.75) is 42.3 Å². The Labute approximate surface area is 227 Å². The van der Waals surface area contributed by atoms with Gasteiger partial charge in [-0.15, -0.1) is 18.3 Å². The van der Waals surface area contributed by atoms with E-state index in [-0.39, 0.29) is 42.7 Å². The largest absolute Gasteiger partial charge is 0.461 e. The minimum Gasteiger partial charge on any atom is -0.461 e. The van der Waals surface area contributed by atoms with Crippen LogP contribution in [-0.2, 0) is 19.1 Å². The quantitative estimate of drug-likeness (QED) is 0.389. The third kappa shape index (κ3) is 3.88. The number of hydrogen-bond acceptors (Lipinski definition) is 6. The summed E-state index contributed by atoms with van der Waals surface area (Å²) in [5, 5.41) is 12.1. The predicted molar refractivity (Wildman–Crippen MR) is 150 cm³/mol. The molecule has 0 aliphatic carbocycles. The lowest BCUT2D eigenvalue weighted by molar-refractivity contribution is -0.153. The van der Waals surface area contributed by atoms with Gasteiger partial charge in [-0.1, -0.05) is 56.0 Å². The smallest absolute Gasteiger partial charge is 0.311 e. The summed E-state index contributed by atoms with van der Waals surface area (Å²) in [7, 11) is 0. The monoisotopic (exact) mass is 534 g/mol. The van der Waals surface area contributed by atoms with Gasteiger partial charge >= 0.3 is 5.97 Å². The fourth-order valence-corrected chi connectivity index (χ4v) is 9.14. The molecule has 5 rings (SSSR count). The molecule has 2 bridgehead atoms. The van der Waals surface area contributed by atoms with Gasteiger partial charge in [0.05, 0.1) is 29.2 Å². The van der Waals surface area contributed by atoms with E-state index >= 15 is 0 Å². The van der Waals surface area contributed by atoms with Crippen LogP contribution in [0.1, 0.15) is 20.3 Å². The van der Waals surface area contributed by atoms with Gasteiger partial charge in [0, 0.05) is 17.5 Å². The van der Waals surface area contributed by atoms with E-state index in [0.717, 1.165) is 10.8 Å². The van der Waals surface area contributed by atoms with Gasteiger partial charge in [0.15, 0.2) is 0 Å². The second kappa shape index (κ2) is 10.2. The second-order valence-corrected chi connectivity index (χ2v) is 12.1. The van der Waals surface area contributed by atoms with Gasteiger partial charge in [-0.25, -0.2) is 0 Å². The third-order valence-corrected chi connectivity index (χ3v) is 10.5. The van der Waals surface area contributed by atoms with Crippen molar-refractivity contribution in [2.75, 3.05) is 24.7 Å². The van der Waals surface area contributed by atoms with Crippen molar-refractivity contribution in [3.8, 4) is 0 Å². The Morgan fingerprint density at radius 3 is 2.66 bits per heavy atom. The maximum absolute atomic E-state index is 14.6. The van der Waals surface area contributed by atoms with E-state index in [1.54, 1.807) is 34.6 Å². The number of benzene rings is 2. The number of fused-ring (bicyclic) bond motifs is 2. The molecule has 3 heterocycles. The molecule has 3 fully saturated rings. The van der Waals surface area contributed by atoms with Crippen molar-refractivity contribution < 1.29 is 24.2 Å². The highest BCUT2D eigenvalue weighted by Crippen LogP contribution is 2.69.